The Balaban J connectivity index is 1.59. The van der Waals surface area contributed by atoms with Crippen molar-refractivity contribution in [2.24, 2.45) is 0 Å². The minimum atomic E-state index is -0.676. The Morgan fingerprint density at radius 2 is 1.26 bits per heavy atom. The molecule has 0 saturated heterocycles. The summed E-state index contributed by atoms with van der Waals surface area (Å²) in [4.78, 5) is 39.0. The first-order valence-corrected chi connectivity index (χ1v) is 11.2. The predicted molar refractivity (Wildman–Crippen MR) is 133 cm³/mol. The van der Waals surface area contributed by atoms with Gasteiger partial charge in [-0.25, -0.2) is 0 Å². The average Bonchev–Trinajstić information content (AvgIpc) is 2.92. The van der Waals surface area contributed by atoms with E-state index in [0.717, 1.165) is 0 Å². The number of ketones is 2. The Kier molecular flexibility index (Phi) is 7.17. The SMILES string of the molecule is COc1ccc(C(=O)c2ccccc2)c(OC(=O)C(C)c2cccc(C(=O)c3ccccc3)c2)c1. The van der Waals surface area contributed by atoms with Crippen LogP contribution >= 0.6 is 0 Å². The molecule has 0 spiro atoms. The third kappa shape index (κ3) is 5.36. The van der Waals surface area contributed by atoms with Gasteiger partial charge in [-0.15, -0.1) is 0 Å². The van der Waals surface area contributed by atoms with Crippen molar-refractivity contribution in [1.29, 1.82) is 0 Å². The molecule has 174 valence electrons. The fraction of sp³-hybridized carbons (Fsp3) is 0.100. The molecule has 5 nitrogen and oxygen atoms in total. The molecule has 1 atom stereocenters. The van der Waals surface area contributed by atoms with Gasteiger partial charge in [-0.2, -0.15) is 0 Å². The van der Waals surface area contributed by atoms with Gasteiger partial charge in [0, 0.05) is 22.8 Å². The van der Waals surface area contributed by atoms with Crippen LogP contribution in [0.25, 0.3) is 0 Å². The van der Waals surface area contributed by atoms with Crippen LogP contribution in [0.3, 0.4) is 0 Å². The highest BCUT2D eigenvalue weighted by Crippen LogP contribution is 2.29. The lowest BCUT2D eigenvalue weighted by Gasteiger charge is -2.15. The summed E-state index contributed by atoms with van der Waals surface area (Å²) in [5, 5.41) is 0. The van der Waals surface area contributed by atoms with Gasteiger partial charge in [0.15, 0.2) is 11.6 Å². The first kappa shape index (κ1) is 23.6. The molecule has 0 heterocycles. The van der Waals surface area contributed by atoms with Crippen LogP contribution in [0.15, 0.2) is 103 Å². The minimum Gasteiger partial charge on any atom is -0.497 e. The molecule has 0 aliphatic heterocycles. The lowest BCUT2D eigenvalue weighted by atomic mass is 9.95. The summed E-state index contributed by atoms with van der Waals surface area (Å²) < 4.78 is 11.0. The molecule has 1 unspecified atom stereocenters. The van der Waals surface area contributed by atoms with Gasteiger partial charge in [-0.3, -0.25) is 14.4 Å². The highest BCUT2D eigenvalue weighted by molar-refractivity contribution is 6.11. The standard InChI is InChI=1S/C30H24O5/c1-20(23-14-9-15-24(18-23)28(31)21-10-5-3-6-11-21)30(33)35-27-19-25(34-2)16-17-26(27)29(32)22-12-7-4-8-13-22/h3-20H,1-2H3. The maximum atomic E-state index is 13.1. The number of hydrogen-bond donors (Lipinski definition) is 0. The van der Waals surface area contributed by atoms with E-state index < -0.39 is 11.9 Å². The summed E-state index contributed by atoms with van der Waals surface area (Å²) in [6.45, 7) is 1.70. The predicted octanol–water partition coefficient (Wildman–Crippen LogP) is 5.87. The number of ether oxygens (including phenoxy) is 2. The molecule has 0 aromatic heterocycles. The van der Waals surface area contributed by atoms with Crippen LogP contribution in [0.1, 0.15) is 50.2 Å². The van der Waals surface area contributed by atoms with Crippen LogP contribution in [-0.2, 0) is 4.79 Å². The van der Waals surface area contributed by atoms with E-state index in [-0.39, 0.29) is 22.9 Å². The number of rotatable bonds is 8. The van der Waals surface area contributed by atoms with E-state index in [1.54, 1.807) is 91.9 Å². The first-order valence-electron chi connectivity index (χ1n) is 11.2. The van der Waals surface area contributed by atoms with E-state index in [0.29, 0.717) is 28.0 Å². The molecule has 0 radical (unpaired) electrons. The second-order valence-electron chi connectivity index (χ2n) is 8.02. The molecular formula is C30H24O5. The molecule has 0 bridgehead atoms. The minimum absolute atomic E-state index is 0.117. The van der Waals surface area contributed by atoms with Gasteiger partial charge in [0.05, 0.1) is 18.6 Å². The van der Waals surface area contributed by atoms with Gasteiger partial charge in [-0.05, 0) is 30.7 Å². The molecule has 0 saturated carbocycles. The molecule has 0 fully saturated rings. The smallest absolute Gasteiger partial charge is 0.318 e. The highest BCUT2D eigenvalue weighted by Gasteiger charge is 2.23. The number of carbonyl (C=O) groups excluding carboxylic acids is 3. The van der Waals surface area contributed by atoms with Gasteiger partial charge < -0.3 is 9.47 Å². The first-order chi connectivity index (χ1) is 17.0. The Morgan fingerprint density at radius 1 is 0.657 bits per heavy atom. The van der Waals surface area contributed by atoms with Crippen molar-refractivity contribution in [3.05, 3.63) is 131 Å². The van der Waals surface area contributed by atoms with Gasteiger partial charge in [0.25, 0.3) is 0 Å². The van der Waals surface area contributed by atoms with E-state index in [4.69, 9.17) is 9.47 Å². The maximum Gasteiger partial charge on any atom is 0.318 e. The van der Waals surface area contributed by atoms with Crippen LogP contribution in [0.4, 0.5) is 0 Å². The Morgan fingerprint density at radius 3 is 1.89 bits per heavy atom. The lowest BCUT2D eigenvalue weighted by molar-refractivity contribution is -0.135. The summed E-state index contributed by atoms with van der Waals surface area (Å²) in [5.41, 5.74) is 2.42. The number of benzene rings is 4. The van der Waals surface area contributed by atoms with E-state index >= 15 is 0 Å². The second kappa shape index (κ2) is 10.6. The summed E-state index contributed by atoms with van der Waals surface area (Å²) in [5.74, 6) is -1.04. The monoisotopic (exact) mass is 464 g/mol. The van der Waals surface area contributed by atoms with Gasteiger partial charge >= 0.3 is 5.97 Å². The summed E-state index contributed by atoms with van der Waals surface area (Å²) in [6.07, 6.45) is 0. The van der Waals surface area contributed by atoms with E-state index in [1.807, 2.05) is 12.1 Å². The third-order valence-corrected chi connectivity index (χ3v) is 5.72. The highest BCUT2D eigenvalue weighted by atomic mass is 16.5. The van der Waals surface area contributed by atoms with E-state index in [2.05, 4.69) is 0 Å². The van der Waals surface area contributed by atoms with Crippen LogP contribution in [0, 0.1) is 0 Å². The van der Waals surface area contributed by atoms with Crippen molar-refractivity contribution in [1.82, 2.24) is 0 Å². The Bertz CT molecular complexity index is 1360. The topological polar surface area (TPSA) is 69.7 Å². The van der Waals surface area contributed by atoms with Crippen molar-refractivity contribution < 1.29 is 23.9 Å². The second-order valence-corrected chi connectivity index (χ2v) is 8.02. The number of esters is 1. The van der Waals surface area contributed by atoms with E-state index in [9.17, 15) is 14.4 Å². The largest absolute Gasteiger partial charge is 0.497 e. The van der Waals surface area contributed by atoms with Crippen molar-refractivity contribution in [3.8, 4) is 11.5 Å². The fourth-order valence-corrected chi connectivity index (χ4v) is 3.68. The molecule has 0 N–H and O–H groups in total. The van der Waals surface area contributed by atoms with Crippen LogP contribution < -0.4 is 9.47 Å². The van der Waals surface area contributed by atoms with Gasteiger partial charge in [0.1, 0.15) is 11.5 Å². The quantitative estimate of drug-likeness (QED) is 0.185. The van der Waals surface area contributed by atoms with Crippen molar-refractivity contribution >= 4 is 17.5 Å². The summed E-state index contributed by atoms with van der Waals surface area (Å²) >= 11 is 0. The van der Waals surface area contributed by atoms with Crippen LogP contribution in [-0.4, -0.2) is 24.6 Å². The normalized spacial score (nSPS) is 11.4. The van der Waals surface area contributed by atoms with E-state index in [1.165, 1.54) is 13.2 Å². The number of methoxy groups -OCH3 is 1. The molecule has 0 amide bonds. The molecule has 5 heteroatoms. The van der Waals surface area contributed by atoms with Crippen molar-refractivity contribution in [2.75, 3.05) is 7.11 Å². The third-order valence-electron chi connectivity index (χ3n) is 5.72. The zero-order valence-corrected chi connectivity index (χ0v) is 19.4. The van der Waals surface area contributed by atoms with Crippen LogP contribution in [0.5, 0.6) is 11.5 Å². The van der Waals surface area contributed by atoms with Crippen LogP contribution in [0.2, 0.25) is 0 Å². The van der Waals surface area contributed by atoms with Crippen molar-refractivity contribution in [2.45, 2.75) is 12.8 Å². The summed E-state index contributed by atoms with van der Waals surface area (Å²) in [6, 6.07) is 29.4. The molecule has 0 aliphatic carbocycles. The molecule has 4 aromatic carbocycles. The van der Waals surface area contributed by atoms with Gasteiger partial charge in [0.2, 0.25) is 0 Å². The molecule has 0 aliphatic rings. The zero-order chi connectivity index (χ0) is 24.8. The molecule has 4 aromatic rings. The number of carbonyl (C=O) groups is 3. The fourth-order valence-electron chi connectivity index (χ4n) is 3.68. The van der Waals surface area contributed by atoms with Gasteiger partial charge in [-0.1, -0.05) is 78.9 Å². The zero-order valence-electron chi connectivity index (χ0n) is 19.4. The average molecular weight is 465 g/mol. The molecule has 35 heavy (non-hydrogen) atoms. The van der Waals surface area contributed by atoms with Crippen molar-refractivity contribution in [3.63, 3.8) is 0 Å². The Labute approximate surface area is 204 Å². The molecule has 4 rings (SSSR count). The Hall–Kier alpha value is -4.51. The maximum absolute atomic E-state index is 13.1. The summed E-state index contributed by atoms with van der Waals surface area (Å²) in [7, 11) is 1.50. The molecular weight excluding hydrogens is 440 g/mol. The lowest BCUT2D eigenvalue weighted by Crippen LogP contribution is -2.18. The number of hydrogen-bond acceptors (Lipinski definition) is 5.